The molecule has 0 aliphatic heterocycles. The summed E-state index contributed by atoms with van der Waals surface area (Å²) in [7, 11) is 0. The van der Waals surface area contributed by atoms with E-state index in [1.165, 1.54) is 18.7 Å². The van der Waals surface area contributed by atoms with E-state index >= 15 is 0 Å². The van der Waals surface area contributed by atoms with Crippen molar-refractivity contribution in [2.75, 3.05) is 5.32 Å². The van der Waals surface area contributed by atoms with Gasteiger partial charge in [-0.3, -0.25) is 19.0 Å². The molecule has 0 fully saturated rings. The summed E-state index contributed by atoms with van der Waals surface area (Å²) in [6.45, 7) is 7.24. The number of para-hydroxylation sites is 1. The number of thioether (sulfide) groups is 1. The Morgan fingerprint density at radius 3 is 2.57 bits per heavy atom. The van der Waals surface area contributed by atoms with Crippen LogP contribution in [0.15, 0.2) is 58.5 Å². The summed E-state index contributed by atoms with van der Waals surface area (Å²) in [6, 6.07) is 14.0. The molecule has 6 nitrogen and oxygen atoms in total. The van der Waals surface area contributed by atoms with Crippen LogP contribution in [-0.2, 0) is 4.79 Å². The quantitative estimate of drug-likeness (QED) is 0.339. The Morgan fingerprint density at radius 1 is 1.13 bits per heavy atom. The van der Waals surface area contributed by atoms with Gasteiger partial charge in [0.15, 0.2) is 10.9 Å². The smallest absolute Gasteiger partial charge is 0.262 e. The minimum Gasteiger partial charge on any atom is -0.325 e. The summed E-state index contributed by atoms with van der Waals surface area (Å²) in [4.78, 5) is 42.1. The van der Waals surface area contributed by atoms with E-state index in [1.54, 1.807) is 47.9 Å². The fraction of sp³-hybridized carbons (Fsp3) is 0.304. The third-order valence-corrected chi connectivity index (χ3v) is 6.06. The molecule has 1 aromatic heterocycles. The van der Waals surface area contributed by atoms with E-state index in [2.05, 4.69) is 10.3 Å². The van der Waals surface area contributed by atoms with Gasteiger partial charge in [-0.2, -0.15) is 0 Å². The fourth-order valence-electron chi connectivity index (χ4n) is 3.05. The van der Waals surface area contributed by atoms with E-state index in [1.807, 2.05) is 26.0 Å². The maximum atomic E-state index is 13.1. The van der Waals surface area contributed by atoms with Gasteiger partial charge in [0.1, 0.15) is 0 Å². The SMILES string of the molecule is CC[C@@H](C)n1c(S[C@@H](C)C(=O)Nc2cccc(C(C)=O)c2)nc2ccccc2c1=O. The maximum Gasteiger partial charge on any atom is 0.262 e. The zero-order chi connectivity index (χ0) is 21.8. The largest absolute Gasteiger partial charge is 0.325 e. The van der Waals surface area contributed by atoms with E-state index in [9.17, 15) is 14.4 Å². The lowest BCUT2D eigenvalue weighted by atomic mass is 10.1. The molecule has 1 heterocycles. The van der Waals surface area contributed by atoms with Gasteiger partial charge in [0.25, 0.3) is 5.56 Å². The molecule has 0 saturated heterocycles. The number of carbonyl (C=O) groups is 2. The van der Waals surface area contributed by atoms with Crippen LogP contribution in [0.3, 0.4) is 0 Å². The molecule has 2 atom stereocenters. The first-order chi connectivity index (χ1) is 14.3. The average Bonchev–Trinajstić information content (AvgIpc) is 2.73. The molecule has 0 spiro atoms. The Hall–Kier alpha value is -2.93. The molecule has 3 rings (SSSR count). The minimum atomic E-state index is -0.491. The number of hydrogen-bond acceptors (Lipinski definition) is 5. The number of benzene rings is 2. The molecular weight excluding hydrogens is 398 g/mol. The topological polar surface area (TPSA) is 81.1 Å². The number of nitrogens with zero attached hydrogens (tertiary/aromatic N) is 2. The Morgan fingerprint density at radius 2 is 1.87 bits per heavy atom. The molecule has 156 valence electrons. The summed E-state index contributed by atoms with van der Waals surface area (Å²) < 4.78 is 1.67. The van der Waals surface area contributed by atoms with Gasteiger partial charge in [-0.05, 0) is 51.5 Å². The van der Waals surface area contributed by atoms with Crippen molar-refractivity contribution in [2.45, 2.75) is 50.6 Å². The molecule has 0 bridgehead atoms. The van der Waals surface area contributed by atoms with Crippen LogP contribution < -0.4 is 10.9 Å². The van der Waals surface area contributed by atoms with Gasteiger partial charge in [-0.15, -0.1) is 0 Å². The lowest BCUT2D eigenvalue weighted by molar-refractivity contribution is -0.115. The highest BCUT2D eigenvalue weighted by Gasteiger charge is 2.21. The molecule has 7 heteroatoms. The van der Waals surface area contributed by atoms with Crippen molar-refractivity contribution in [2.24, 2.45) is 0 Å². The number of fused-ring (bicyclic) bond motifs is 1. The number of hydrogen-bond donors (Lipinski definition) is 1. The van der Waals surface area contributed by atoms with Crippen molar-refractivity contribution >= 4 is 40.0 Å². The van der Waals surface area contributed by atoms with Crippen molar-refractivity contribution in [3.63, 3.8) is 0 Å². The molecule has 0 aliphatic carbocycles. The molecule has 0 saturated carbocycles. The zero-order valence-electron chi connectivity index (χ0n) is 17.5. The summed E-state index contributed by atoms with van der Waals surface area (Å²) in [5, 5.41) is 3.44. The van der Waals surface area contributed by atoms with Gasteiger partial charge in [-0.1, -0.05) is 43.0 Å². The predicted octanol–water partition coefficient (Wildman–Crippen LogP) is 4.69. The number of Topliss-reactive ketones (excluding diaryl/α,β-unsaturated/α-hetero) is 1. The summed E-state index contributed by atoms with van der Waals surface area (Å²) >= 11 is 1.25. The third kappa shape index (κ3) is 4.62. The van der Waals surface area contributed by atoms with Crippen LogP contribution in [0, 0.1) is 0 Å². The molecule has 0 aliphatic rings. The molecule has 0 unspecified atom stereocenters. The van der Waals surface area contributed by atoms with E-state index in [0.29, 0.717) is 27.3 Å². The van der Waals surface area contributed by atoms with Gasteiger partial charge in [-0.25, -0.2) is 4.98 Å². The molecular formula is C23H25N3O3S. The van der Waals surface area contributed by atoms with Crippen LogP contribution in [0.4, 0.5) is 5.69 Å². The number of nitrogens with one attached hydrogen (secondary N) is 1. The second-order valence-electron chi connectivity index (χ2n) is 7.23. The molecule has 3 aromatic rings. The minimum absolute atomic E-state index is 0.0420. The lowest BCUT2D eigenvalue weighted by Crippen LogP contribution is -2.28. The molecule has 2 aromatic carbocycles. The van der Waals surface area contributed by atoms with Gasteiger partial charge in [0.2, 0.25) is 5.91 Å². The Balaban J connectivity index is 1.89. The maximum absolute atomic E-state index is 13.1. The monoisotopic (exact) mass is 423 g/mol. The standard InChI is InChI=1S/C23H25N3O3S/c1-5-14(2)26-22(29)19-11-6-7-12-20(19)25-23(26)30-16(4)21(28)24-18-10-8-9-17(13-18)15(3)27/h6-14,16H,5H2,1-4H3,(H,24,28)/t14-,16+/m1/s1. The molecule has 0 radical (unpaired) electrons. The van der Waals surface area contributed by atoms with E-state index in [-0.39, 0.29) is 23.3 Å². The van der Waals surface area contributed by atoms with Crippen LogP contribution in [0.1, 0.15) is 50.5 Å². The van der Waals surface area contributed by atoms with Crippen LogP contribution >= 0.6 is 11.8 Å². The van der Waals surface area contributed by atoms with E-state index in [4.69, 9.17) is 0 Å². The zero-order valence-corrected chi connectivity index (χ0v) is 18.3. The lowest BCUT2D eigenvalue weighted by Gasteiger charge is -2.20. The van der Waals surface area contributed by atoms with Crippen LogP contribution in [0.25, 0.3) is 10.9 Å². The highest BCUT2D eigenvalue weighted by molar-refractivity contribution is 8.00. The number of rotatable bonds is 7. The van der Waals surface area contributed by atoms with E-state index < -0.39 is 5.25 Å². The highest BCUT2D eigenvalue weighted by Crippen LogP contribution is 2.26. The number of aromatic nitrogens is 2. The van der Waals surface area contributed by atoms with Gasteiger partial charge < -0.3 is 5.32 Å². The number of carbonyl (C=O) groups excluding carboxylic acids is 2. The first-order valence-electron chi connectivity index (χ1n) is 9.91. The Kier molecular flexibility index (Phi) is 6.72. The van der Waals surface area contributed by atoms with Crippen molar-refractivity contribution in [1.82, 2.24) is 9.55 Å². The fourth-order valence-corrected chi connectivity index (χ4v) is 4.06. The van der Waals surface area contributed by atoms with Gasteiger partial charge >= 0.3 is 0 Å². The number of amides is 1. The van der Waals surface area contributed by atoms with Crippen LogP contribution in [-0.4, -0.2) is 26.5 Å². The van der Waals surface area contributed by atoms with Gasteiger partial charge in [0.05, 0.1) is 16.2 Å². The number of anilines is 1. The first-order valence-corrected chi connectivity index (χ1v) is 10.8. The van der Waals surface area contributed by atoms with Crippen molar-refractivity contribution in [1.29, 1.82) is 0 Å². The van der Waals surface area contributed by atoms with Crippen molar-refractivity contribution in [3.8, 4) is 0 Å². The second-order valence-corrected chi connectivity index (χ2v) is 8.54. The summed E-state index contributed by atoms with van der Waals surface area (Å²) in [5.41, 5.74) is 1.62. The predicted molar refractivity (Wildman–Crippen MR) is 121 cm³/mol. The van der Waals surface area contributed by atoms with Gasteiger partial charge in [0, 0.05) is 17.3 Å². The van der Waals surface area contributed by atoms with Crippen LogP contribution in [0.5, 0.6) is 0 Å². The Labute approximate surface area is 179 Å². The highest BCUT2D eigenvalue weighted by atomic mass is 32.2. The second kappa shape index (κ2) is 9.26. The van der Waals surface area contributed by atoms with Crippen LogP contribution in [0.2, 0.25) is 0 Å². The molecule has 1 amide bonds. The molecule has 30 heavy (non-hydrogen) atoms. The van der Waals surface area contributed by atoms with Crippen molar-refractivity contribution < 1.29 is 9.59 Å². The summed E-state index contributed by atoms with van der Waals surface area (Å²) in [5.74, 6) is -0.287. The third-order valence-electron chi connectivity index (χ3n) is 5.00. The van der Waals surface area contributed by atoms with Crippen molar-refractivity contribution in [3.05, 3.63) is 64.4 Å². The Bertz CT molecular complexity index is 1160. The first kappa shape index (κ1) is 21.8. The average molecular weight is 424 g/mol. The molecule has 1 N–H and O–H groups in total. The number of ketones is 1. The summed E-state index contributed by atoms with van der Waals surface area (Å²) in [6.07, 6.45) is 0.770. The van der Waals surface area contributed by atoms with E-state index in [0.717, 1.165) is 6.42 Å². The normalized spacial score (nSPS) is 13.1.